The summed E-state index contributed by atoms with van der Waals surface area (Å²) in [5.41, 5.74) is 2.92. The average molecular weight is 489 g/mol. The Morgan fingerprint density at radius 2 is 1.94 bits per heavy atom. The fourth-order valence-electron chi connectivity index (χ4n) is 4.01. The molecule has 2 aromatic heterocycles. The third-order valence-corrected chi connectivity index (χ3v) is 5.85. The van der Waals surface area contributed by atoms with E-state index in [2.05, 4.69) is 20.6 Å². The molecule has 3 heterocycles. The molecule has 2 N–H and O–H groups in total. The first-order valence-corrected chi connectivity index (χ1v) is 11.7. The molecule has 0 saturated heterocycles. The van der Waals surface area contributed by atoms with Crippen molar-refractivity contribution in [3.63, 3.8) is 0 Å². The van der Waals surface area contributed by atoms with Gasteiger partial charge in [-0.2, -0.15) is 9.61 Å². The minimum Gasteiger partial charge on any atom is -0.497 e. The Kier molecular flexibility index (Phi) is 6.48. The van der Waals surface area contributed by atoms with E-state index in [0.717, 1.165) is 22.8 Å². The van der Waals surface area contributed by atoms with E-state index in [-0.39, 0.29) is 5.91 Å². The molecule has 0 radical (unpaired) electrons. The number of fused-ring (bicyclic) bond motifs is 2. The van der Waals surface area contributed by atoms with Crippen molar-refractivity contribution >= 4 is 34.6 Å². The van der Waals surface area contributed by atoms with Crippen molar-refractivity contribution in [2.75, 3.05) is 42.9 Å². The Hall–Kier alpha value is -4.47. The van der Waals surface area contributed by atoms with Crippen LogP contribution in [0.1, 0.15) is 18.9 Å². The number of aromatic nitrogens is 3. The number of carbonyl (C=O) groups is 1. The minimum absolute atomic E-state index is 0.110. The monoisotopic (exact) mass is 488 g/mol. The van der Waals surface area contributed by atoms with Crippen LogP contribution in [0.2, 0.25) is 0 Å². The number of amides is 1. The van der Waals surface area contributed by atoms with Crippen LogP contribution in [0.15, 0.2) is 54.7 Å². The number of anilines is 4. The molecule has 5 rings (SSSR count). The molecule has 4 aromatic rings. The smallest absolute Gasteiger partial charge is 0.224 e. The van der Waals surface area contributed by atoms with Crippen LogP contribution in [-0.4, -0.2) is 47.9 Å². The normalized spacial score (nSPS) is 12.3. The number of hydrogen-bond donors (Lipinski definition) is 2. The lowest BCUT2D eigenvalue weighted by Crippen LogP contribution is -2.20. The van der Waals surface area contributed by atoms with Gasteiger partial charge in [0.15, 0.2) is 17.1 Å². The van der Waals surface area contributed by atoms with Gasteiger partial charge in [-0.05, 0) is 29.8 Å². The van der Waals surface area contributed by atoms with E-state index in [1.165, 1.54) is 0 Å². The maximum Gasteiger partial charge on any atom is 0.224 e. The fraction of sp³-hybridized carbons (Fsp3) is 0.269. The van der Waals surface area contributed by atoms with Gasteiger partial charge in [0.25, 0.3) is 0 Å². The average Bonchev–Trinajstić information content (AvgIpc) is 3.31. The first kappa shape index (κ1) is 23.3. The van der Waals surface area contributed by atoms with Crippen LogP contribution in [0.25, 0.3) is 5.65 Å². The van der Waals surface area contributed by atoms with Crippen molar-refractivity contribution in [1.29, 1.82) is 0 Å². The maximum atomic E-state index is 12.1. The van der Waals surface area contributed by atoms with Crippen molar-refractivity contribution in [1.82, 2.24) is 14.6 Å². The highest BCUT2D eigenvalue weighted by Crippen LogP contribution is 2.39. The Morgan fingerprint density at radius 3 is 2.72 bits per heavy atom. The molecule has 0 spiro atoms. The summed E-state index contributed by atoms with van der Waals surface area (Å²) >= 11 is 0. The number of benzene rings is 2. The highest BCUT2D eigenvalue weighted by Gasteiger charge is 2.19. The lowest BCUT2D eigenvalue weighted by Gasteiger charge is -2.23. The predicted molar refractivity (Wildman–Crippen MR) is 138 cm³/mol. The first-order chi connectivity index (χ1) is 17.6. The van der Waals surface area contributed by atoms with Gasteiger partial charge in [-0.15, -0.1) is 0 Å². The highest BCUT2D eigenvalue weighted by atomic mass is 16.6. The second kappa shape index (κ2) is 10.0. The largest absolute Gasteiger partial charge is 0.497 e. The third-order valence-electron chi connectivity index (χ3n) is 5.85. The summed E-state index contributed by atoms with van der Waals surface area (Å²) in [5, 5.41) is 10.8. The zero-order chi connectivity index (χ0) is 25.1. The van der Waals surface area contributed by atoms with Crippen LogP contribution in [0.5, 0.6) is 17.2 Å². The van der Waals surface area contributed by atoms with E-state index in [0.29, 0.717) is 54.8 Å². The number of nitrogens with one attached hydrogen (secondary N) is 2. The molecule has 0 unspecified atom stereocenters. The van der Waals surface area contributed by atoms with E-state index >= 15 is 0 Å². The van der Waals surface area contributed by atoms with E-state index < -0.39 is 0 Å². The van der Waals surface area contributed by atoms with Crippen molar-refractivity contribution < 1.29 is 19.0 Å². The second-order valence-electron chi connectivity index (χ2n) is 8.35. The van der Waals surface area contributed by atoms with Crippen LogP contribution in [0.4, 0.5) is 23.0 Å². The van der Waals surface area contributed by atoms with Gasteiger partial charge in [-0.1, -0.05) is 25.1 Å². The fourth-order valence-corrected chi connectivity index (χ4v) is 4.01. The Labute approximate surface area is 208 Å². The van der Waals surface area contributed by atoms with Gasteiger partial charge in [-0.25, -0.2) is 4.98 Å². The van der Waals surface area contributed by atoms with E-state index in [1.54, 1.807) is 24.7 Å². The van der Waals surface area contributed by atoms with Crippen LogP contribution in [-0.2, 0) is 11.3 Å². The molecule has 186 valence electrons. The van der Waals surface area contributed by atoms with Crippen molar-refractivity contribution in [2.24, 2.45) is 0 Å². The lowest BCUT2D eigenvalue weighted by atomic mass is 10.2. The van der Waals surface area contributed by atoms with Crippen molar-refractivity contribution in [3.05, 3.63) is 60.3 Å². The second-order valence-corrected chi connectivity index (χ2v) is 8.35. The number of methoxy groups -OCH3 is 1. The summed E-state index contributed by atoms with van der Waals surface area (Å²) in [6.45, 7) is 3.41. The summed E-state index contributed by atoms with van der Waals surface area (Å²) in [7, 11) is 3.63. The minimum atomic E-state index is -0.110. The molecule has 1 aliphatic rings. The topological polar surface area (TPSA) is 102 Å². The SMILES string of the molecule is CCC(=O)Nc1cnn2c(N(C)Cc3ccc(OC)cc3)cc(Nc3cccc4c3OCCO4)nc12. The molecule has 1 aliphatic heterocycles. The van der Waals surface area contributed by atoms with E-state index in [9.17, 15) is 4.79 Å². The van der Waals surface area contributed by atoms with Gasteiger partial charge in [0.05, 0.1) is 19.0 Å². The first-order valence-electron chi connectivity index (χ1n) is 11.7. The number of nitrogens with zero attached hydrogens (tertiary/aromatic N) is 4. The Bertz CT molecular complexity index is 1390. The highest BCUT2D eigenvalue weighted by molar-refractivity contribution is 5.94. The summed E-state index contributed by atoms with van der Waals surface area (Å²) in [4.78, 5) is 19.0. The molecule has 10 heteroatoms. The third kappa shape index (κ3) is 4.70. The molecule has 0 fully saturated rings. The van der Waals surface area contributed by atoms with Gasteiger partial charge in [0.1, 0.15) is 36.3 Å². The molecule has 36 heavy (non-hydrogen) atoms. The quantitative estimate of drug-likeness (QED) is 0.380. The molecule has 1 amide bonds. The van der Waals surface area contributed by atoms with Gasteiger partial charge < -0.3 is 29.7 Å². The molecule has 0 bridgehead atoms. The Balaban J connectivity index is 1.53. The predicted octanol–water partition coefficient (Wildman–Crippen LogP) is 4.24. The van der Waals surface area contributed by atoms with Crippen LogP contribution >= 0.6 is 0 Å². The number of para-hydroxylation sites is 1. The van der Waals surface area contributed by atoms with Crippen molar-refractivity contribution in [2.45, 2.75) is 19.9 Å². The maximum absolute atomic E-state index is 12.1. The van der Waals surface area contributed by atoms with Crippen molar-refractivity contribution in [3.8, 4) is 17.2 Å². The van der Waals surface area contributed by atoms with Crippen LogP contribution < -0.4 is 29.7 Å². The zero-order valence-corrected chi connectivity index (χ0v) is 20.4. The summed E-state index contributed by atoms with van der Waals surface area (Å²) < 4.78 is 18.6. The molecule has 2 aromatic carbocycles. The number of ether oxygens (including phenoxy) is 3. The van der Waals surface area contributed by atoms with Crippen LogP contribution in [0.3, 0.4) is 0 Å². The van der Waals surface area contributed by atoms with Gasteiger partial charge in [-0.3, -0.25) is 4.79 Å². The summed E-state index contributed by atoms with van der Waals surface area (Å²) in [6.07, 6.45) is 1.97. The standard InChI is InChI=1S/C26H28N6O4/c1-4-23(33)29-20-15-27-32-24(31(2)16-17-8-10-18(34-3)11-9-17)14-22(30-26(20)32)28-19-6-5-7-21-25(19)36-13-12-35-21/h5-11,14-15H,4,12-13,16H2,1-3H3,(H,28,30)(H,29,33). The molecule has 10 nitrogen and oxygen atoms in total. The van der Waals surface area contributed by atoms with Gasteiger partial charge in [0, 0.05) is 26.1 Å². The van der Waals surface area contributed by atoms with Gasteiger partial charge in [0.2, 0.25) is 5.91 Å². The Morgan fingerprint density at radius 1 is 1.14 bits per heavy atom. The molecular weight excluding hydrogens is 460 g/mol. The van der Waals surface area contributed by atoms with E-state index in [1.807, 2.05) is 55.6 Å². The molecule has 0 atom stereocenters. The number of rotatable bonds is 8. The van der Waals surface area contributed by atoms with E-state index in [4.69, 9.17) is 19.2 Å². The number of hydrogen-bond acceptors (Lipinski definition) is 8. The molecule has 0 aliphatic carbocycles. The zero-order valence-electron chi connectivity index (χ0n) is 20.4. The number of carbonyl (C=O) groups excluding carboxylic acids is 1. The lowest BCUT2D eigenvalue weighted by molar-refractivity contribution is -0.115. The van der Waals surface area contributed by atoms with Crippen LogP contribution in [0, 0.1) is 0 Å². The summed E-state index contributed by atoms with van der Waals surface area (Å²) in [5.74, 6) is 3.39. The molecular formula is C26H28N6O4. The molecule has 0 saturated carbocycles. The van der Waals surface area contributed by atoms with Gasteiger partial charge >= 0.3 is 0 Å². The summed E-state index contributed by atoms with van der Waals surface area (Å²) in [6, 6.07) is 15.5.